The second-order valence-electron chi connectivity index (χ2n) is 4.49. The molecule has 1 heterocycles. The average molecular weight is 309 g/mol. The van der Waals surface area contributed by atoms with Gasteiger partial charge in [0.05, 0.1) is 29.1 Å². The van der Waals surface area contributed by atoms with Crippen molar-refractivity contribution < 1.29 is 14.3 Å². The summed E-state index contributed by atoms with van der Waals surface area (Å²) in [5, 5.41) is 4.98. The van der Waals surface area contributed by atoms with Crippen LogP contribution in [0, 0.1) is 0 Å². The zero-order valence-corrected chi connectivity index (χ0v) is 13.0. The van der Waals surface area contributed by atoms with Crippen molar-refractivity contribution in [2.24, 2.45) is 7.05 Å². The third kappa shape index (κ3) is 3.36. The third-order valence-electron chi connectivity index (χ3n) is 3.15. The van der Waals surface area contributed by atoms with Gasteiger partial charge in [0.1, 0.15) is 12.4 Å². The fourth-order valence-electron chi connectivity index (χ4n) is 1.93. The van der Waals surface area contributed by atoms with Gasteiger partial charge in [0.2, 0.25) is 0 Å². The Morgan fingerprint density at radius 3 is 2.52 bits per heavy atom. The number of ether oxygens (including phenoxy) is 2. The van der Waals surface area contributed by atoms with Crippen molar-refractivity contribution in [1.82, 2.24) is 9.78 Å². The van der Waals surface area contributed by atoms with Crippen molar-refractivity contribution in [2.45, 2.75) is 20.0 Å². The van der Waals surface area contributed by atoms with Crippen molar-refractivity contribution in [3.63, 3.8) is 0 Å². The summed E-state index contributed by atoms with van der Waals surface area (Å²) in [6, 6.07) is 6.75. The molecule has 0 bridgehead atoms. The van der Waals surface area contributed by atoms with Gasteiger partial charge in [0, 0.05) is 7.05 Å². The summed E-state index contributed by atoms with van der Waals surface area (Å²) in [5.74, 6) is 0.279. The van der Waals surface area contributed by atoms with Crippen LogP contribution in [0.15, 0.2) is 24.3 Å². The Bertz CT molecular complexity index is 635. The quantitative estimate of drug-likeness (QED) is 0.797. The number of nitrogens with zero attached hydrogens (tertiary/aromatic N) is 2. The first-order chi connectivity index (χ1) is 10.1. The third-order valence-corrected chi connectivity index (χ3v) is 3.59. The maximum absolute atomic E-state index is 11.3. The van der Waals surface area contributed by atoms with Gasteiger partial charge in [-0.3, -0.25) is 4.68 Å². The fourth-order valence-corrected chi connectivity index (χ4v) is 2.28. The van der Waals surface area contributed by atoms with E-state index in [1.807, 2.05) is 14.0 Å². The first-order valence-electron chi connectivity index (χ1n) is 6.58. The molecule has 0 saturated carbocycles. The zero-order chi connectivity index (χ0) is 15.4. The SMILES string of the molecule is CCc1nn(C)c(COc2ccc(C(=O)OC)cc2)c1Cl. The standard InChI is InChI=1S/C15H17ClN2O3/c1-4-12-14(16)13(18(2)17-12)9-21-11-7-5-10(6-8-11)15(19)20-3/h5-8H,4,9H2,1-3H3. The summed E-state index contributed by atoms with van der Waals surface area (Å²) < 4.78 is 12.1. The fraction of sp³-hybridized carbons (Fsp3) is 0.333. The number of halogens is 1. The molecule has 5 nitrogen and oxygen atoms in total. The van der Waals surface area contributed by atoms with Gasteiger partial charge in [-0.2, -0.15) is 5.10 Å². The van der Waals surface area contributed by atoms with Gasteiger partial charge in [0.15, 0.2) is 0 Å². The molecule has 0 aliphatic rings. The number of esters is 1. The van der Waals surface area contributed by atoms with Crippen molar-refractivity contribution >= 4 is 17.6 Å². The Balaban J connectivity index is 2.06. The van der Waals surface area contributed by atoms with E-state index in [0.29, 0.717) is 22.9 Å². The number of hydrogen-bond acceptors (Lipinski definition) is 4. The molecule has 112 valence electrons. The van der Waals surface area contributed by atoms with Crippen LogP contribution in [-0.2, 0) is 24.8 Å². The van der Waals surface area contributed by atoms with Crippen LogP contribution in [0.4, 0.5) is 0 Å². The molecule has 0 fully saturated rings. The summed E-state index contributed by atoms with van der Waals surface area (Å²) in [5.41, 5.74) is 2.17. The van der Waals surface area contributed by atoms with Crippen molar-refractivity contribution in [3.8, 4) is 5.75 Å². The second-order valence-corrected chi connectivity index (χ2v) is 4.87. The molecule has 6 heteroatoms. The minimum Gasteiger partial charge on any atom is -0.487 e. The van der Waals surface area contributed by atoms with E-state index in [2.05, 4.69) is 9.84 Å². The molecule has 0 aliphatic heterocycles. The van der Waals surface area contributed by atoms with E-state index in [9.17, 15) is 4.79 Å². The molecule has 0 saturated heterocycles. The molecule has 0 N–H and O–H groups in total. The molecular weight excluding hydrogens is 292 g/mol. The predicted octanol–water partition coefficient (Wildman–Crippen LogP) is 3.00. The van der Waals surface area contributed by atoms with Gasteiger partial charge in [-0.15, -0.1) is 0 Å². The second kappa shape index (κ2) is 6.63. The lowest BCUT2D eigenvalue weighted by atomic mass is 10.2. The maximum Gasteiger partial charge on any atom is 0.337 e. The molecule has 0 amide bonds. The van der Waals surface area contributed by atoms with E-state index in [0.717, 1.165) is 17.8 Å². The predicted molar refractivity (Wildman–Crippen MR) is 79.7 cm³/mol. The van der Waals surface area contributed by atoms with Crippen LogP contribution < -0.4 is 4.74 Å². The Morgan fingerprint density at radius 2 is 2.00 bits per heavy atom. The summed E-state index contributed by atoms with van der Waals surface area (Å²) >= 11 is 6.26. The van der Waals surface area contributed by atoms with Gasteiger partial charge in [-0.1, -0.05) is 18.5 Å². The molecular formula is C15H17ClN2O3. The number of carbonyl (C=O) groups excluding carboxylic acids is 1. The molecule has 0 aliphatic carbocycles. The average Bonchev–Trinajstić information content (AvgIpc) is 2.79. The van der Waals surface area contributed by atoms with E-state index in [1.165, 1.54) is 7.11 Å². The summed E-state index contributed by atoms with van der Waals surface area (Å²) in [6.45, 7) is 2.32. The topological polar surface area (TPSA) is 53.4 Å². The minimum atomic E-state index is -0.371. The minimum absolute atomic E-state index is 0.319. The molecule has 0 spiro atoms. The van der Waals surface area contributed by atoms with Crippen LogP contribution in [-0.4, -0.2) is 22.9 Å². The van der Waals surface area contributed by atoms with Gasteiger partial charge >= 0.3 is 5.97 Å². The van der Waals surface area contributed by atoms with Gasteiger partial charge < -0.3 is 9.47 Å². The lowest BCUT2D eigenvalue weighted by molar-refractivity contribution is 0.0600. The number of hydrogen-bond donors (Lipinski definition) is 0. The first kappa shape index (κ1) is 15.4. The first-order valence-corrected chi connectivity index (χ1v) is 6.96. The molecule has 1 aromatic carbocycles. The Labute approximate surface area is 128 Å². The van der Waals surface area contributed by atoms with Gasteiger partial charge in [-0.25, -0.2) is 4.79 Å². The monoisotopic (exact) mass is 308 g/mol. The molecule has 2 aromatic rings. The lowest BCUT2D eigenvalue weighted by Gasteiger charge is -2.07. The highest BCUT2D eigenvalue weighted by Crippen LogP contribution is 2.22. The smallest absolute Gasteiger partial charge is 0.337 e. The van der Waals surface area contributed by atoms with E-state index >= 15 is 0 Å². The van der Waals surface area contributed by atoms with E-state index in [-0.39, 0.29) is 5.97 Å². The molecule has 0 radical (unpaired) electrons. The highest BCUT2D eigenvalue weighted by atomic mass is 35.5. The van der Waals surface area contributed by atoms with E-state index in [4.69, 9.17) is 16.3 Å². The van der Waals surface area contributed by atoms with Crippen molar-refractivity contribution in [1.29, 1.82) is 0 Å². The van der Waals surface area contributed by atoms with E-state index < -0.39 is 0 Å². The Hall–Kier alpha value is -2.01. The van der Waals surface area contributed by atoms with Crippen LogP contribution in [0.1, 0.15) is 28.7 Å². The summed E-state index contributed by atoms with van der Waals surface area (Å²) in [4.78, 5) is 11.3. The molecule has 2 rings (SSSR count). The Morgan fingerprint density at radius 1 is 1.33 bits per heavy atom. The van der Waals surface area contributed by atoms with E-state index in [1.54, 1.807) is 28.9 Å². The highest BCUT2D eigenvalue weighted by molar-refractivity contribution is 6.31. The van der Waals surface area contributed by atoms with Crippen LogP contribution >= 0.6 is 11.6 Å². The molecule has 0 atom stereocenters. The zero-order valence-electron chi connectivity index (χ0n) is 12.2. The van der Waals surface area contributed by atoms with Crippen LogP contribution in [0.2, 0.25) is 5.02 Å². The number of rotatable bonds is 5. The van der Waals surface area contributed by atoms with Crippen LogP contribution in [0.5, 0.6) is 5.75 Å². The van der Waals surface area contributed by atoms with Gasteiger partial charge in [0.25, 0.3) is 0 Å². The summed E-state index contributed by atoms with van der Waals surface area (Å²) in [7, 11) is 3.19. The number of methoxy groups -OCH3 is 1. The number of aryl methyl sites for hydroxylation is 2. The van der Waals surface area contributed by atoms with Crippen LogP contribution in [0.25, 0.3) is 0 Å². The molecule has 1 aromatic heterocycles. The lowest BCUT2D eigenvalue weighted by Crippen LogP contribution is -2.04. The van der Waals surface area contributed by atoms with Crippen molar-refractivity contribution in [2.75, 3.05) is 7.11 Å². The van der Waals surface area contributed by atoms with Crippen molar-refractivity contribution in [3.05, 3.63) is 46.2 Å². The number of aromatic nitrogens is 2. The van der Waals surface area contributed by atoms with Gasteiger partial charge in [-0.05, 0) is 30.7 Å². The highest BCUT2D eigenvalue weighted by Gasteiger charge is 2.13. The Kier molecular flexibility index (Phi) is 4.85. The molecule has 0 unspecified atom stereocenters. The largest absolute Gasteiger partial charge is 0.487 e. The number of carbonyl (C=O) groups is 1. The molecule has 21 heavy (non-hydrogen) atoms. The normalized spacial score (nSPS) is 10.5. The summed E-state index contributed by atoms with van der Waals surface area (Å²) in [6.07, 6.45) is 0.778. The van der Waals surface area contributed by atoms with Crippen LogP contribution in [0.3, 0.4) is 0 Å². The maximum atomic E-state index is 11.3. The number of benzene rings is 1.